The van der Waals surface area contributed by atoms with E-state index in [1.54, 1.807) is 18.6 Å². The van der Waals surface area contributed by atoms with Gasteiger partial charge in [-0.05, 0) is 20.8 Å². The lowest BCUT2D eigenvalue weighted by Crippen LogP contribution is -2.35. The minimum atomic E-state index is -0.536. The Hall–Kier alpha value is -2.11. The number of hydrogen-bond acceptors (Lipinski definition) is 5. The average molecular weight is 234 g/mol. The van der Waals surface area contributed by atoms with Gasteiger partial charge in [0.05, 0.1) is 6.20 Å². The lowest BCUT2D eigenvalue weighted by molar-refractivity contribution is 0.0596. The molecule has 1 aliphatic rings. The number of ether oxygens (including phenoxy) is 1. The fourth-order valence-corrected chi connectivity index (χ4v) is 1.35. The van der Waals surface area contributed by atoms with E-state index in [0.717, 1.165) is 0 Å². The summed E-state index contributed by atoms with van der Waals surface area (Å²) >= 11 is 0. The maximum absolute atomic E-state index is 11.9. The molecule has 0 aromatic carbocycles. The van der Waals surface area contributed by atoms with Gasteiger partial charge in [-0.1, -0.05) is 0 Å². The first-order valence-corrected chi connectivity index (χ1v) is 5.23. The second-order valence-electron chi connectivity index (χ2n) is 4.57. The number of anilines is 2. The van der Waals surface area contributed by atoms with Gasteiger partial charge in [-0.25, -0.2) is 19.7 Å². The maximum Gasteiger partial charge on any atom is 0.419 e. The lowest BCUT2D eigenvalue weighted by atomic mass is 10.2. The number of amides is 1. The average Bonchev–Trinajstić information content (AvgIpc) is 2.26. The van der Waals surface area contributed by atoms with E-state index in [9.17, 15) is 4.79 Å². The molecule has 17 heavy (non-hydrogen) atoms. The predicted molar refractivity (Wildman–Crippen MR) is 63.5 cm³/mol. The SMILES string of the molecule is CC(C)(C)OC(=O)N1C=CNc2ncncc21. The summed E-state index contributed by atoms with van der Waals surface area (Å²) in [7, 11) is 0. The van der Waals surface area contributed by atoms with Gasteiger partial charge in [0, 0.05) is 12.4 Å². The van der Waals surface area contributed by atoms with Crippen LogP contribution in [0.1, 0.15) is 20.8 Å². The molecule has 0 fully saturated rings. The number of carbonyl (C=O) groups is 1. The lowest BCUT2D eigenvalue weighted by Gasteiger charge is -2.27. The first-order valence-electron chi connectivity index (χ1n) is 5.23. The summed E-state index contributed by atoms with van der Waals surface area (Å²) in [4.78, 5) is 21.2. The fourth-order valence-electron chi connectivity index (χ4n) is 1.35. The van der Waals surface area contributed by atoms with E-state index in [2.05, 4.69) is 15.3 Å². The van der Waals surface area contributed by atoms with Gasteiger partial charge in [0.2, 0.25) is 0 Å². The molecule has 0 saturated heterocycles. The largest absolute Gasteiger partial charge is 0.443 e. The number of aromatic nitrogens is 2. The zero-order valence-electron chi connectivity index (χ0n) is 9.97. The Balaban J connectivity index is 2.25. The van der Waals surface area contributed by atoms with Crippen LogP contribution in [0.15, 0.2) is 24.9 Å². The molecule has 1 N–H and O–H groups in total. The Kier molecular flexibility index (Phi) is 2.71. The monoisotopic (exact) mass is 234 g/mol. The van der Waals surface area contributed by atoms with Gasteiger partial charge in [-0.3, -0.25) is 0 Å². The number of nitrogens with one attached hydrogen (secondary N) is 1. The topological polar surface area (TPSA) is 67.3 Å². The highest BCUT2D eigenvalue weighted by Crippen LogP contribution is 2.27. The Morgan fingerprint density at radius 2 is 2.24 bits per heavy atom. The summed E-state index contributed by atoms with van der Waals surface area (Å²) < 4.78 is 5.29. The predicted octanol–water partition coefficient (Wildman–Crippen LogP) is 2.11. The molecule has 0 unspecified atom stereocenters. The van der Waals surface area contributed by atoms with Crippen LogP contribution in [0.25, 0.3) is 0 Å². The molecule has 2 heterocycles. The molecule has 1 amide bonds. The highest BCUT2D eigenvalue weighted by Gasteiger charge is 2.25. The van der Waals surface area contributed by atoms with E-state index in [0.29, 0.717) is 11.5 Å². The molecule has 0 spiro atoms. The molecular weight excluding hydrogens is 220 g/mol. The summed E-state index contributed by atoms with van der Waals surface area (Å²) in [6.45, 7) is 5.46. The maximum atomic E-state index is 11.9. The second kappa shape index (κ2) is 4.04. The number of fused-ring (bicyclic) bond motifs is 1. The van der Waals surface area contributed by atoms with Crippen LogP contribution in [0.4, 0.5) is 16.3 Å². The number of rotatable bonds is 0. The smallest absolute Gasteiger partial charge is 0.419 e. The Bertz CT molecular complexity index is 465. The van der Waals surface area contributed by atoms with Crippen molar-refractivity contribution in [3.63, 3.8) is 0 Å². The van der Waals surface area contributed by atoms with Crippen molar-refractivity contribution in [3.8, 4) is 0 Å². The van der Waals surface area contributed by atoms with Crippen LogP contribution >= 0.6 is 0 Å². The van der Waals surface area contributed by atoms with Crippen molar-refractivity contribution in [2.45, 2.75) is 26.4 Å². The molecule has 0 saturated carbocycles. The van der Waals surface area contributed by atoms with E-state index in [1.165, 1.54) is 11.2 Å². The van der Waals surface area contributed by atoms with Gasteiger partial charge in [0.1, 0.15) is 17.6 Å². The Morgan fingerprint density at radius 3 is 2.94 bits per heavy atom. The minimum Gasteiger partial charge on any atom is -0.443 e. The molecule has 1 aromatic heterocycles. The van der Waals surface area contributed by atoms with E-state index < -0.39 is 11.7 Å². The summed E-state index contributed by atoms with van der Waals surface area (Å²) in [6, 6.07) is 0. The van der Waals surface area contributed by atoms with Gasteiger partial charge in [-0.2, -0.15) is 0 Å². The van der Waals surface area contributed by atoms with Crippen LogP contribution in [0, 0.1) is 0 Å². The minimum absolute atomic E-state index is 0.452. The number of nitrogens with zero attached hydrogens (tertiary/aromatic N) is 3. The molecule has 0 atom stereocenters. The molecule has 6 heteroatoms. The summed E-state index contributed by atoms with van der Waals surface area (Å²) in [5.74, 6) is 0.577. The Morgan fingerprint density at radius 1 is 1.47 bits per heavy atom. The quantitative estimate of drug-likeness (QED) is 0.744. The van der Waals surface area contributed by atoms with Gasteiger partial charge in [0.15, 0.2) is 5.82 Å². The van der Waals surface area contributed by atoms with Crippen LogP contribution in [0.5, 0.6) is 0 Å². The van der Waals surface area contributed by atoms with Gasteiger partial charge < -0.3 is 10.1 Å². The first-order chi connectivity index (χ1) is 7.97. The Labute approximate surface area is 99.3 Å². The third kappa shape index (κ3) is 2.52. The highest BCUT2D eigenvalue weighted by molar-refractivity contribution is 5.94. The summed E-state index contributed by atoms with van der Waals surface area (Å²) in [5.41, 5.74) is 0.0373. The van der Waals surface area contributed by atoms with Crippen LogP contribution < -0.4 is 10.2 Å². The fraction of sp³-hybridized carbons (Fsp3) is 0.364. The van der Waals surface area contributed by atoms with E-state index in [4.69, 9.17) is 4.74 Å². The third-order valence-electron chi connectivity index (χ3n) is 1.99. The van der Waals surface area contributed by atoms with Gasteiger partial charge >= 0.3 is 6.09 Å². The van der Waals surface area contributed by atoms with Crippen LogP contribution in [-0.2, 0) is 4.74 Å². The first kappa shape index (κ1) is 11.4. The molecule has 0 bridgehead atoms. The van der Waals surface area contributed by atoms with Crippen molar-refractivity contribution in [1.29, 1.82) is 0 Å². The van der Waals surface area contributed by atoms with Crippen molar-refractivity contribution in [2.75, 3.05) is 10.2 Å². The van der Waals surface area contributed by atoms with Gasteiger partial charge in [-0.15, -0.1) is 0 Å². The molecule has 1 aliphatic heterocycles. The van der Waals surface area contributed by atoms with Gasteiger partial charge in [0.25, 0.3) is 0 Å². The van der Waals surface area contributed by atoms with Crippen LogP contribution in [-0.4, -0.2) is 21.7 Å². The molecule has 90 valence electrons. The van der Waals surface area contributed by atoms with E-state index in [-0.39, 0.29) is 0 Å². The van der Waals surface area contributed by atoms with Crippen LogP contribution in [0.3, 0.4) is 0 Å². The summed E-state index contributed by atoms with van der Waals surface area (Å²) in [6.07, 6.45) is 5.73. The number of carbonyl (C=O) groups excluding carboxylic acids is 1. The van der Waals surface area contributed by atoms with E-state index in [1.807, 2.05) is 20.8 Å². The van der Waals surface area contributed by atoms with Crippen molar-refractivity contribution in [3.05, 3.63) is 24.9 Å². The molecule has 0 radical (unpaired) electrons. The zero-order valence-corrected chi connectivity index (χ0v) is 9.97. The third-order valence-corrected chi connectivity index (χ3v) is 1.99. The molecule has 2 rings (SSSR count). The van der Waals surface area contributed by atoms with E-state index >= 15 is 0 Å². The molecule has 0 aliphatic carbocycles. The highest BCUT2D eigenvalue weighted by atomic mass is 16.6. The van der Waals surface area contributed by atoms with Crippen LogP contribution in [0.2, 0.25) is 0 Å². The zero-order chi connectivity index (χ0) is 12.5. The standard InChI is InChI=1S/C11H14N4O2/c1-11(2,3)17-10(16)15-5-4-13-9-8(15)6-12-7-14-9/h4-7H,1-3H3,(H,12,13,14). The van der Waals surface area contributed by atoms with Crippen molar-refractivity contribution in [2.24, 2.45) is 0 Å². The normalized spacial score (nSPS) is 13.9. The molecular formula is C11H14N4O2. The van der Waals surface area contributed by atoms with Crippen molar-refractivity contribution < 1.29 is 9.53 Å². The molecule has 6 nitrogen and oxygen atoms in total. The van der Waals surface area contributed by atoms with Crippen molar-refractivity contribution >= 4 is 17.6 Å². The van der Waals surface area contributed by atoms with Crippen molar-refractivity contribution in [1.82, 2.24) is 9.97 Å². The molecule has 1 aromatic rings. The summed E-state index contributed by atoms with van der Waals surface area (Å²) in [5, 5.41) is 2.93. The second-order valence-corrected chi connectivity index (χ2v) is 4.57. The number of hydrogen-bond donors (Lipinski definition) is 1.